The number of H-pyrrole nitrogens is 1. The van der Waals surface area contributed by atoms with Crippen LogP contribution in [0, 0.1) is 29.9 Å². The van der Waals surface area contributed by atoms with E-state index in [1.807, 2.05) is 13.8 Å². The van der Waals surface area contributed by atoms with E-state index < -0.39 is 10.9 Å². The number of nitro groups is 1. The lowest BCUT2D eigenvalue weighted by Gasteiger charge is -2.15. The Hall–Kier alpha value is -4.14. The first-order valence-electron chi connectivity index (χ1n) is 10.7. The fourth-order valence-electron chi connectivity index (χ4n) is 3.97. The maximum absolute atomic E-state index is 12.2. The summed E-state index contributed by atoms with van der Waals surface area (Å²) in [5.74, 6) is -0.709. The summed E-state index contributed by atoms with van der Waals surface area (Å²) in [5.41, 5.74) is 3.97. The number of ether oxygens (including phenoxy) is 1. The Kier molecular flexibility index (Phi) is 7.05. The predicted molar refractivity (Wildman–Crippen MR) is 129 cm³/mol. The Balaban J connectivity index is 2.17. The fraction of sp³-hybridized carbons (Fsp3) is 0.280. The number of aryl methyl sites for hydroxylation is 2. The predicted octanol–water partition coefficient (Wildman–Crippen LogP) is 5.57. The molecule has 0 aliphatic rings. The summed E-state index contributed by atoms with van der Waals surface area (Å²) in [6, 6.07) is 9.53. The van der Waals surface area contributed by atoms with Gasteiger partial charge in [-0.2, -0.15) is 0 Å². The van der Waals surface area contributed by atoms with Crippen molar-refractivity contribution in [3.8, 4) is 28.0 Å². The number of carbonyl (C=O) groups excluding carboxylic acids is 1. The van der Waals surface area contributed by atoms with Gasteiger partial charge in [-0.3, -0.25) is 14.9 Å². The standard InChI is InChI=1S/C25H27N3O6/c1-13(2)10-21(29)27-19-9-6-16(12-20(19)34-5)23-22(15(4)26-24(23)25(30)31)18-8-7-17(28(32)33)11-14(18)3/h6-9,11-13,26H,10H2,1-5H3,(H,27,29)(H,30,31). The molecule has 0 spiro atoms. The third kappa shape index (κ3) is 4.93. The number of aromatic amines is 1. The van der Waals surface area contributed by atoms with Crippen LogP contribution in [0.4, 0.5) is 11.4 Å². The molecular weight excluding hydrogens is 438 g/mol. The summed E-state index contributed by atoms with van der Waals surface area (Å²) in [7, 11) is 1.47. The van der Waals surface area contributed by atoms with Crippen LogP contribution in [0.5, 0.6) is 5.75 Å². The van der Waals surface area contributed by atoms with Crippen LogP contribution in [-0.4, -0.2) is 34.0 Å². The summed E-state index contributed by atoms with van der Waals surface area (Å²) in [6.45, 7) is 7.39. The zero-order valence-corrected chi connectivity index (χ0v) is 19.7. The molecule has 0 saturated heterocycles. The minimum atomic E-state index is -1.14. The number of carboxylic acids is 1. The van der Waals surface area contributed by atoms with Crippen molar-refractivity contribution in [3.05, 3.63) is 63.5 Å². The topological polar surface area (TPSA) is 135 Å². The molecule has 0 radical (unpaired) electrons. The number of carbonyl (C=O) groups is 2. The Morgan fingerprint density at radius 2 is 1.85 bits per heavy atom. The van der Waals surface area contributed by atoms with E-state index >= 15 is 0 Å². The van der Waals surface area contributed by atoms with Gasteiger partial charge in [0.15, 0.2) is 0 Å². The number of carboxylic acid groups (broad SMARTS) is 1. The molecule has 3 rings (SSSR count). The van der Waals surface area contributed by atoms with Crippen molar-refractivity contribution in [2.45, 2.75) is 34.1 Å². The van der Waals surface area contributed by atoms with Gasteiger partial charge in [0.2, 0.25) is 5.91 Å². The number of anilines is 1. The van der Waals surface area contributed by atoms with E-state index in [2.05, 4.69) is 10.3 Å². The van der Waals surface area contributed by atoms with E-state index in [0.29, 0.717) is 51.4 Å². The molecule has 9 nitrogen and oxygen atoms in total. The molecule has 0 aliphatic carbocycles. The molecular formula is C25H27N3O6. The number of nitrogens with zero attached hydrogens (tertiary/aromatic N) is 1. The van der Waals surface area contributed by atoms with Crippen molar-refractivity contribution in [2.75, 3.05) is 12.4 Å². The van der Waals surface area contributed by atoms with E-state index in [0.717, 1.165) is 0 Å². The maximum Gasteiger partial charge on any atom is 0.352 e. The van der Waals surface area contributed by atoms with Crippen molar-refractivity contribution >= 4 is 23.3 Å². The zero-order valence-electron chi connectivity index (χ0n) is 19.7. The van der Waals surface area contributed by atoms with Crippen LogP contribution in [0.3, 0.4) is 0 Å². The van der Waals surface area contributed by atoms with E-state index in [1.165, 1.54) is 19.2 Å². The van der Waals surface area contributed by atoms with Gasteiger partial charge in [-0.15, -0.1) is 0 Å². The number of nitro benzene ring substituents is 1. The quantitative estimate of drug-likeness (QED) is 0.294. The first kappa shape index (κ1) is 24.5. The molecule has 34 heavy (non-hydrogen) atoms. The average molecular weight is 466 g/mol. The van der Waals surface area contributed by atoms with E-state index in [9.17, 15) is 24.8 Å². The van der Waals surface area contributed by atoms with Crippen LogP contribution in [-0.2, 0) is 4.79 Å². The maximum atomic E-state index is 12.2. The van der Waals surface area contributed by atoms with Crippen molar-refractivity contribution in [1.82, 2.24) is 4.98 Å². The van der Waals surface area contributed by atoms with Gasteiger partial charge in [0.1, 0.15) is 11.4 Å². The Morgan fingerprint density at radius 3 is 2.41 bits per heavy atom. The van der Waals surface area contributed by atoms with Crippen LogP contribution < -0.4 is 10.1 Å². The Bertz CT molecular complexity index is 1280. The number of aromatic nitrogens is 1. The second kappa shape index (κ2) is 9.78. The second-order valence-electron chi connectivity index (χ2n) is 8.50. The van der Waals surface area contributed by atoms with Crippen molar-refractivity contribution < 1.29 is 24.4 Å². The van der Waals surface area contributed by atoms with Crippen LogP contribution in [0.2, 0.25) is 0 Å². The SMILES string of the molecule is COc1cc(-c2c(C(=O)O)[nH]c(C)c2-c2ccc([N+](=O)[O-])cc2C)ccc1NC(=O)CC(C)C. The Morgan fingerprint density at radius 1 is 1.15 bits per heavy atom. The van der Waals surface area contributed by atoms with Crippen molar-refractivity contribution in [2.24, 2.45) is 5.92 Å². The molecule has 0 saturated carbocycles. The van der Waals surface area contributed by atoms with Crippen LogP contribution in [0.15, 0.2) is 36.4 Å². The highest BCUT2D eigenvalue weighted by Crippen LogP contribution is 2.42. The van der Waals surface area contributed by atoms with E-state index in [1.54, 1.807) is 38.1 Å². The summed E-state index contributed by atoms with van der Waals surface area (Å²) < 4.78 is 5.48. The number of aromatic carboxylic acids is 1. The number of non-ortho nitro benzene ring substituents is 1. The highest BCUT2D eigenvalue weighted by molar-refractivity contribution is 6.02. The van der Waals surface area contributed by atoms with Crippen LogP contribution in [0.1, 0.15) is 42.0 Å². The van der Waals surface area contributed by atoms with Gasteiger partial charge < -0.3 is 20.1 Å². The third-order valence-electron chi connectivity index (χ3n) is 5.45. The number of amides is 1. The molecule has 3 aromatic rings. The normalized spacial score (nSPS) is 10.9. The summed E-state index contributed by atoms with van der Waals surface area (Å²) in [6.07, 6.45) is 0.356. The lowest BCUT2D eigenvalue weighted by Crippen LogP contribution is -2.14. The number of rotatable bonds is 8. The summed E-state index contributed by atoms with van der Waals surface area (Å²) in [4.78, 5) is 38.0. The zero-order chi connectivity index (χ0) is 25.2. The number of nitrogens with one attached hydrogen (secondary N) is 2. The molecule has 9 heteroatoms. The van der Waals surface area contributed by atoms with Crippen LogP contribution >= 0.6 is 0 Å². The fourth-order valence-corrected chi connectivity index (χ4v) is 3.97. The molecule has 1 aromatic heterocycles. The molecule has 1 heterocycles. The minimum Gasteiger partial charge on any atom is -0.495 e. The molecule has 0 aliphatic heterocycles. The van der Waals surface area contributed by atoms with Gasteiger partial charge in [-0.05, 0) is 54.7 Å². The van der Waals surface area contributed by atoms with Gasteiger partial charge in [-0.25, -0.2) is 4.79 Å². The first-order chi connectivity index (χ1) is 16.0. The number of benzene rings is 2. The average Bonchev–Trinajstić information content (AvgIpc) is 3.10. The van der Waals surface area contributed by atoms with Crippen LogP contribution in [0.25, 0.3) is 22.3 Å². The lowest BCUT2D eigenvalue weighted by molar-refractivity contribution is -0.384. The molecule has 0 unspecified atom stereocenters. The second-order valence-corrected chi connectivity index (χ2v) is 8.50. The molecule has 178 valence electrons. The van der Waals surface area contributed by atoms with E-state index in [-0.39, 0.29) is 23.2 Å². The van der Waals surface area contributed by atoms with Crippen molar-refractivity contribution in [1.29, 1.82) is 0 Å². The van der Waals surface area contributed by atoms with Gasteiger partial charge in [0, 0.05) is 35.4 Å². The molecule has 3 N–H and O–H groups in total. The molecule has 1 amide bonds. The lowest BCUT2D eigenvalue weighted by atomic mass is 9.92. The highest BCUT2D eigenvalue weighted by atomic mass is 16.6. The minimum absolute atomic E-state index is 0.0103. The van der Waals surface area contributed by atoms with Gasteiger partial charge >= 0.3 is 5.97 Å². The molecule has 0 fully saturated rings. The van der Waals surface area contributed by atoms with Gasteiger partial charge in [0.05, 0.1) is 17.7 Å². The largest absolute Gasteiger partial charge is 0.495 e. The van der Waals surface area contributed by atoms with Crippen molar-refractivity contribution in [3.63, 3.8) is 0 Å². The molecule has 0 bridgehead atoms. The third-order valence-corrected chi connectivity index (χ3v) is 5.45. The number of hydrogen-bond donors (Lipinski definition) is 3. The first-order valence-corrected chi connectivity index (χ1v) is 10.7. The summed E-state index contributed by atoms with van der Waals surface area (Å²) >= 11 is 0. The smallest absolute Gasteiger partial charge is 0.352 e. The van der Waals surface area contributed by atoms with Gasteiger partial charge in [0.25, 0.3) is 5.69 Å². The van der Waals surface area contributed by atoms with E-state index in [4.69, 9.17) is 4.74 Å². The summed E-state index contributed by atoms with van der Waals surface area (Å²) in [5, 5.41) is 23.9. The molecule has 2 aromatic carbocycles. The molecule has 0 atom stereocenters. The number of methoxy groups -OCH3 is 1. The van der Waals surface area contributed by atoms with Gasteiger partial charge in [-0.1, -0.05) is 19.9 Å². The Labute approximate surface area is 196 Å². The monoisotopic (exact) mass is 465 g/mol. The number of hydrogen-bond acceptors (Lipinski definition) is 5. The highest BCUT2D eigenvalue weighted by Gasteiger charge is 2.25.